The summed E-state index contributed by atoms with van der Waals surface area (Å²) < 4.78 is 5.81. The Morgan fingerprint density at radius 1 is 1.07 bits per heavy atom. The smallest absolute Gasteiger partial charge is 0.268 e. The van der Waals surface area contributed by atoms with Gasteiger partial charge < -0.3 is 19.9 Å². The summed E-state index contributed by atoms with van der Waals surface area (Å²) in [6.07, 6.45) is 5.42. The van der Waals surface area contributed by atoms with Crippen LogP contribution in [0.2, 0.25) is 10.0 Å². The highest BCUT2D eigenvalue weighted by atomic mass is 35.5. The van der Waals surface area contributed by atoms with Gasteiger partial charge >= 0.3 is 0 Å². The maximum Gasteiger partial charge on any atom is 0.268 e. The van der Waals surface area contributed by atoms with Crippen molar-refractivity contribution < 1.29 is 14.3 Å². The minimum absolute atomic E-state index is 0.0923. The maximum atomic E-state index is 13.3. The lowest BCUT2D eigenvalue weighted by Crippen LogP contribution is -2.42. The zero-order chi connectivity index (χ0) is 28.0. The summed E-state index contributed by atoms with van der Waals surface area (Å²) in [7, 11) is 4.24. The molecule has 3 heterocycles. The highest BCUT2D eigenvalue weighted by molar-refractivity contribution is 6.40. The lowest BCUT2D eigenvalue weighted by Gasteiger charge is -2.37. The van der Waals surface area contributed by atoms with E-state index in [-0.39, 0.29) is 41.7 Å². The zero-order valence-corrected chi connectivity index (χ0v) is 23.9. The van der Waals surface area contributed by atoms with E-state index in [1.54, 1.807) is 18.2 Å². The molecule has 0 atom stereocenters. The molecule has 0 radical (unpaired) electrons. The van der Waals surface area contributed by atoms with E-state index in [0.717, 1.165) is 50.0 Å². The molecule has 3 aromatic rings. The van der Waals surface area contributed by atoms with Crippen LogP contribution in [0.15, 0.2) is 42.6 Å². The summed E-state index contributed by atoms with van der Waals surface area (Å²) in [5.74, 6) is 0.355. The van der Waals surface area contributed by atoms with Gasteiger partial charge in [0.2, 0.25) is 11.8 Å². The second-order valence-electron chi connectivity index (χ2n) is 10.7. The van der Waals surface area contributed by atoms with E-state index in [2.05, 4.69) is 39.2 Å². The predicted octanol–water partition coefficient (Wildman–Crippen LogP) is 5.65. The number of piperidine rings is 1. The lowest BCUT2D eigenvalue weighted by atomic mass is 9.99. The Morgan fingerprint density at radius 3 is 2.48 bits per heavy atom. The molecule has 1 aliphatic carbocycles. The largest absolute Gasteiger partial charge is 0.455 e. The molecule has 1 N–H and O–H groups in total. The molecule has 6 rings (SSSR count). The van der Waals surface area contributed by atoms with Crippen molar-refractivity contribution >= 4 is 57.9 Å². The van der Waals surface area contributed by atoms with Gasteiger partial charge in [-0.25, -0.2) is 4.98 Å². The van der Waals surface area contributed by atoms with Gasteiger partial charge in [0.1, 0.15) is 5.56 Å². The SMILES string of the molecule is CN(C)C1CCN(c2ccc(Nc3ncc4c(n3)OCN(c3c(Cl)cccc3Cl)C4=O)cc2C(=O)C2CC2)CC1. The Labute approximate surface area is 243 Å². The second kappa shape index (κ2) is 10.9. The summed E-state index contributed by atoms with van der Waals surface area (Å²) in [6.45, 7) is 1.73. The van der Waals surface area contributed by atoms with Crippen molar-refractivity contribution in [2.45, 2.75) is 31.7 Å². The normalized spacial score (nSPS) is 17.6. The molecule has 0 unspecified atom stereocenters. The minimum Gasteiger partial charge on any atom is -0.455 e. The first-order valence-electron chi connectivity index (χ1n) is 13.4. The number of amides is 1. The van der Waals surface area contributed by atoms with Crippen LogP contribution >= 0.6 is 23.2 Å². The molecular formula is C29H30Cl2N6O3. The lowest BCUT2D eigenvalue weighted by molar-refractivity contribution is 0.0931. The Balaban J connectivity index is 1.23. The van der Waals surface area contributed by atoms with Crippen molar-refractivity contribution in [1.29, 1.82) is 0 Å². The molecule has 0 spiro atoms. The fraction of sp³-hybridized carbons (Fsp3) is 0.379. The van der Waals surface area contributed by atoms with Gasteiger partial charge in [-0.05, 0) is 70.1 Å². The number of Topliss-reactive ketones (excluding diaryl/α,β-unsaturated/α-hetero) is 1. The van der Waals surface area contributed by atoms with Crippen molar-refractivity contribution in [3.63, 3.8) is 0 Å². The molecule has 40 heavy (non-hydrogen) atoms. The van der Waals surface area contributed by atoms with Crippen molar-refractivity contribution in [1.82, 2.24) is 14.9 Å². The van der Waals surface area contributed by atoms with Gasteiger partial charge in [0.15, 0.2) is 12.5 Å². The Bertz CT molecular complexity index is 1450. The summed E-state index contributed by atoms with van der Waals surface area (Å²) in [4.78, 5) is 41.3. The molecule has 2 aromatic carbocycles. The molecule has 0 bridgehead atoms. The van der Waals surface area contributed by atoms with E-state index < -0.39 is 0 Å². The number of ether oxygens (including phenoxy) is 1. The van der Waals surface area contributed by atoms with E-state index in [1.807, 2.05) is 18.2 Å². The summed E-state index contributed by atoms with van der Waals surface area (Å²) in [5, 5.41) is 3.87. The average Bonchev–Trinajstić information content (AvgIpc) is 3.80. The van der Waals surface area contributed by atoms with Gasteiger partial charge in [-0.1, -0.05) is 29.3 Å². The molecule has 9 nitrogen and oxygen atoms in total. The Hall–Kier alpha value is -3.40. The van der Waals surface area contributed by atoms with Crippen LogP contribution in [0.25, 0.3) is 0 Å². The number of fused-ring (bicyclic) bond motifs is 1. The van der Waals surface area contributed by atoms with E-state index >= 15 is 0 Å². The number of hydrogen-bond donors (Lipinski definition) is 1. The molecule has 1 saturated carbocycles. The monoisotopic (exact) mass is 580 g/mol. The van der Waals surface area contributed by atoms with Crippen LogP contribution in [0.5, 0.6) is 5.88 Å². The fourth-order valence-electron chi connectivity index (χ4n) is 5.33. The number of rotatable bonds is 7. The molecule has 2 fully saturated rings. The van der Waals surface area contributed by atoms with Crippen molar-refractivity contribution in [2.24, 2.45) is 5.92 Å². The summed E-state index contributed by atoms with van der Waals surface area (Å²) in [5.41, 5.74) is 2.99. The molecule has 11 heteroatoms. The third kappa shape index (κ3) is 5.21. The second-order valence-corrected chi connectivity index (χ2v) is 11.5. The van der Waals surface area contributed by atoms with Gasteiger partial charge in [-0.15, -0.1) is 0 Å². The third-order valence-corrected chi connectivity index (χ3v) is 8.38. The predicted molar refractivity (Wildman–Crippen MR) is 156 cm³/mol. The van der Waals surface area contributed by atoms with Gasteiger partial charge in [-0.3, -0.25) is 14.5 Å². The van der Waals surface area contributed by atoms with Crippen LogP contribution in [0, 0.1) is 5.92 Å². The quantitative estimate of drug-likeness (QED) is 0.359. The summed E-state index contributed by atoms with van der Waals surface area (Å²) >= 11 is 12.6. The van der Waals surface area contributed by atoms with E-state index in [9.17, 15) is 9.59 Å². The van der Waals surface area contributed by atoms with Crippen LogP contribution < -0.4 is 19.9 Å². The van der Waals surface area contributed by atoms with Crippen LogP contribution in [0.3, 0.4) is 0 Å². The van der Waals surface area contributed by atoms with Crippen LogP contribution in [0.4, 0.5) is 23.0 Å². The number of halogens is 2. The van der Waals surface area contributed by atoms with Crippen LogP contribution in [0.1, 0.15) is 46.4 Å². The number of para-hydroxylation sites is 1. The standard InChI is InChI=1S/C29H30Cl2N6O3/c1-35(2)19-10-12-36(13-11-19)24-9-8-18(14-20(24)26(38)17-6-7-17)33-29-32-15-21-27(34-29)40-16-37(28(21)39)25-22(30)4-3-5-23(25)31/h3-5,8-9,14-15,17,19H,6-7,10-13,16H2,1-2H3,(H,32,33,34). The molecule has 2 aliphatic heterocycles. The highest BCUT2D eigenvalue weighted by Gasteiger charge is 2.34. The number of nitrogens with one attached hydrogen (secondary N) is 1. The van der Waals surface area contributed by atoms with Gasteiger partial charge in [0, 0.05) is 48.2 Å². The van der Waals surface area contributed by atoms with Gasteiger partial charge in [-0.2, -0.15) is 4.98 Å². The van der Waals surface area contributed by atoms with Crippen molar-refractivity contribution in [3.8, 4) is 5.88 Å². The molecule has 1 amide bonds. The topological polar surface area (TPSA) is 90.9 Å². The fourth-order valence-corrected chi connectivity index (χ4v) is 5.93. The molecule has 3 aliphatic rings. The van der Waals surface area contributed by atoms with Crippen molar-refractivity contribution in [2.75, 3.05) is 49.0 Å². The van der Waals surface area contributed by atoms with Gasteiger partial charge in [0.05, 0.1) is 15.7 Å². The molecule has 208 valence electrons. The Kier molecular flexibility index (Phi) is 7.29. The molecular weight excluding hydrogens is 551 g/mol. The first-order valence-corrected chi connectivity index (χ1v) is 14.2. The number of benzene rings is 2. The number of aromatic nitrogens is 2. The van der Waals surface area contributed by atoms with Gasteiger partial charge in [0.25, 0.3) is 5.91 Å². The molecule has 1 saturated heterocycles. The van der Waals surface area contributed by atoms with Crippen LogP contribution in [-0.2, 0) is 0 Å². The first-order chi connectivity index (χ1) is 19.3. The minimum atomic E-state index is -0.359. The summed E-state index contributed by atoms with van der Waals surface area (Å²) in [6, 6.07) is 11.4. The number of nitrogens with zero attached hydrogens (tertiary/aromatic N) is 5. The zero-order valence-electron chi connectivity index (χ0n) is 22.4. The Morgan fingerprint density at radius 2 is 1.80 bits per heavy atom. The van der Waals surface area contributed by atoms with Crippen LogP contribution in [-0.4, -0.2) is 66.5 Å². The highest BCUT2D eigenvalue weighted by Crippen LogP contribution is 2.39. The van der Waals surface area contributed by atoms with Crippen molar-refractivity contribution in [3.05, 3.63) is 63.8 Å². The number of ketones is 1. The van der Waals surface area contributed by atoms with E-state index in [0.29, 0.717) is 27.5 Å². The van der Waals surface area contributed by atoms with E-state index in [4.69, 9.17) is 27.9 Å². The number of anilines is 4. The average molecular weight is 582 g/mol. The number of hydrogen-bond acceptors (Lipinski definition) is 8. The van der Waals surface area contributed by atoms with E-state index in [1.165, 1.54) is 11.1 Å². The first kappa shape index (κ1) is 26.8. The molecule has 1 aromatic heterocycles. The maximum absolute atomic E-state index is 13.3. The number of carbonyl (C=O) groups is 2. The third-order valence-electron chi connectivity index (χ3n) is 7.77. The number of carbonyl (C=O) groups excluding carboxylic acids is 2.